The fourth-order valence-corrected chi connectivity index (χ4v) is 1.29. The van der Waals surface area contributed by atoms with Crippen LogP contribution in [-0.4, -0.2) is 14.5 Å². The van der Waals surface area contributed by atoms with Crippen LogP contribution >= 0.6 is 12.2 Å². The maximum atomic E-state index is 9.25. The molecule has 0 spiro atoms. The zero-order valence-electron chi connectivity index (χ0n) is 5.61. The zero-order valence-corrected chi connectivity index (χ0v) is 6.43. The Kier molecular flexibility index (Phi) is 1.22. The third-order valence-electron chi connectivity index (χ3n) is 1.55. The molecular weight excluding hydrogens is 160 g/mol. The van der Waals surface area contributed by atoms with E-state index in [1.165, 1.54) is 0 Å². The largest absolute Gasteiger partial charge is 0.493 e. The van der Waals surface area contributed by atoms with Crippen LogP contribution in [0.5, 0.6) is 5.88 Å². The number of fused-ring (bicyclic) bond motifs is 1. The van der Waals surface area contributed by atoms with Gasteiger partial charge in [0, 0.05) is 6.20 Å². The number of nitrogens with zero attached hydrogens (tertiary/aromatic N) is 1. The molecule has 2 aromatic rings. The van der Waals surface area contributed by atoms with E-state index in [-0.39, 0.29) is 5.88 Å². The number of hydrogen-bond donors (Lipinski definition) is 2. The molecule has 0 unspecified atom stereocenters. The summed E-state index contributed by atoms with van der Waals surface area (Å²) in [5, 5.41) is 9.25. The molecule has 2 rings (SSSR count). The molecule has 56 valence electrons. The van der Waals surface area contributed by atoms with Gasteiger partial charge < -0.3 is 10.1 Å². The molecule has 11 heavy (non-hydrogen) atoms. The number of imidazole rings is 1. The molecule has 0 aliphatic rings. The number of pyridine rings is 1. The average molecular weight is 166 g/mol. The summed E-state index contributed by atoms with van der Waals surface area (Å²) in [5.41, 5.74) is 0.706. The van der Waals surface area contributed by atoms with Gasteiger partial charge in [0.1, 0.15) is 5.52 Å². The van der Waals surface area contributed by atoms with E-state index in [1.807, 2.05) is 12.1 Å². The summed E-state index contributed by atoms with van der Waals surface area (Å²) in [6.45, 7) is 0. The van der Waals surface area contributed by atoms with Crippen molar-refractivity contribution in [2.45, 2.75) is 0 Å². The Morgan fingerprint density at radius 3 is 3.00 bits per heavy atom. The minimum absolute atomic E-state index is 0.121. The van der Waals surface area contributed by atoms with E-state index in [0.29, 0.717) is 10.3 Å². The second kappa shape index (κ2) is 2.10. The molecule has 0 atom stereocenters. The molecule has 0 saturated carbocycles. The summed E-state index contributed by atoms with van der Waals surface area (Å²) in [5.74, 6) is 0.121. The summed E-state index contributed by atoms with van der Waals surface area (Å²) in [6, 6.07) is 5.50. The first kappa shape index (κ1) is 6.42. The molecule has 2 aromatic heterocycles. The van der Waals surface area contributed by atoms with E-state index >= 15 is 0 Å². The smallest absolute Gasteiger partial charge is 0.215 e. The van der Waals surface area contributed by atoms with Crippen molar-refractivity contribution in [1.82, 2.24) is 9.38 Å². The average Bonchev–Trinajstić information content (AvgIpc) is 2.30. The van der Waals surface area contributed by atoms with Crippen LogP contribution in [0.2, 0.25) is 0 Å². The summed E-state index contributed by atoms with van der Waals surface area (Å²) in [4.78, 5) is 2.65. The van der Waals surface area contributed by atoms with E-state index in [9.17, 15) is 5.11 Å². The van der Waals surface area contributed by atoms with Crippen LogP contribution in [0.1, 0.15) is 0 Å². The first-order chi connectivity index (χ1) is 5.29. The van der Waals surface area contributed by atoms with Gasteiger partial charge in [0.05, 0.1) is 0 Å². The van der Waals surface area contributed by atoms with Crippen molar-refractivity contribution in [3.63, 3.8) is 0 Å². The molecule has 4 heteroatoms. The highest BCUT2D eigenvalue weighted by Gasteiger charge is 1.99. The molecule has 0 aliphatic heterocycles. The molecule has 2 N–H and O–H groups in total. The molecule has 0 fully saturated rings. The summed E-state index contributed by atoms with van der Waals surface area (Å²) >= 11 is 4.92. The highest BCUT2D eigenvalue weighted by Crippen LogP contribution is 2.15. The van der Waals surface area contributed by atoms with Crippen molar-refractivity contribution in [3.8, 4) is 5.88 Å². The quantitative estimate of drug-likeness (QED) is 0.585. The Balaban J connectivity index is 3.07. The van der Waals surface area contributed by atoms with Crippen molar-refractivity contribution in [1.29, 1.82) is 0 Å². The van der Waals surface area contributed by atoms with Crippen molar-refractivity contribution < 1.29 is 5.11 Å². The van der Waals surface area contributed by atoms with Gasteiger partial charge >= 0.3 is 0 Å². The van der Waals surface area contributed by atoms with E-state index < -0.39 is 0 Å². The van der Waals surface area contributed by atoms with Gasteiger partial charge in [-0.05, 0) is 24.4 Å². The Hall–Kier alpha value is -1.29. The zero-order chi connectivity index (χ0) is 7.84. The highest BCUT2D eigenvalue weighted by atomic mass is 32.1. The fraction of sp³-hybridized carbons (Fsp3) is 0. The predicted molar refractivity (Wildman–Crippen MR) is 44.2 cm³/mol. The van der Waals surface area contributed by atoms with Gasteiger partial charge in [-0.15, -0.1) is 0 Å². The van der Waals surface area contributed by atoms with E-state index in [0.717, 1.165) is 0 Å². The summed E-state index contributed by atoms with van der Waals surface area (Å²) < 4.78 is 2.23. The summed E-state index contributed by atoms with van der Waals surface area (Å²) in [7, 11) is 0. The first-order valence-electron chi connectivity index (χ1n) is 3.17. The van der Waals surface area contributed by atoms with Crippen molar-refractivity contribution >= 4 is 17.7 Å². The highest BCUT2D eigenvalue weighted by molar-refractivity contribution is 7.71. The number of nitrogens with one attached hydrogen (secondary N) is 1. The predicted octanol–water partition coefficient (Wildman–Crippen LogP) is 1.70. The lowest BCUT2D eigenvalue weighted by molar-refractivity contribution is 0.462. The minimum atomic E-state index is 0.121. The van der Waals surface area contributed by atoms with Crippen LogP contribution < -0.4 is 0 Å². The Labute approximate surface area is 67.9 Å². The van der Waals surface area contributed by atoms with Crippen molar-refractivity contribution in [2.75, 3.05) is 0 Å². The first-order valence-corrected chi connectivity index (χ1v) is 3.58. The molecule has 0 saturated heterocycles. The van der Waals surface area contributed by atoms with E-state index in [4.69, 9.17) is 12.2 Å². The van der Waals surface area contributed by atoms with Crippen LogP contribution in [0.4, 0.5) is 0 Å². The van der Waals surface area contributed by atoms with Crippen LogP contribution in [0.15, 0.2) is 24.4 Å². The molecule has 0 aliphatic carbocycles. The lowest BCUT2D eigenvalue weighted by Gasteiger charge is -1.89. The van der Waals surface area contributed by atoms with Gasteiger partial charge in [0.25, 0.3) is 0 Å². The van der Waals surface area contributed by atoms with Gasteiger partial charge in [-0.25, -0.2) is 0 Å². The maximum Gasteiger partial charge on any atom is 0.215 e. The molecule has 3 nitrogen and oxygen atoms in total. The lowest BCUT2D eigenvalue weighted by Crippen LogP contribution is -1.79. The van der Waals surface area contributed by atoms with E-state index in [2.05, 4.69) is 4.98 Å². The summed E-state index contributed by atoms with van der Waals surface area (Å²) in [6.07, 6.45) is 1.80. The molecule has 2 heterocycles. The Bertz CT molecular complexity index is 443. The Morgan fingerprint density at radius 1 is 1.45 bits per heavy atom. The molecule has 0 bridgehead atoms. The van der Waals surface area contributed by atoms with Crippen LogP contribution in [-0.2, 0) is 0 Å². The third kappa shape index (κ3) is 0.832. The number of hydrogen-bond acceptors (Lipinski definition) is 2. The van der Waals surface area contributed by atoms with Gasteiger partial charge in [0.15, 0.2) is 4.77 Å². The SMILES string of the molecule is Oc1[nH]c(=S)n2ccccc12. The number of aromatic hydroxyl groups is 1. The van der Waals surface area contributed by atoms with Gasteiger partial charge in [-0.2, -0.15) is 0 Å². The van der Waals surface area contributed by atoms with Crippen molar-refractivity contribution in [3.05, 3.63) is 29.2 Å². The number of rotatable bonds is 0. The topological polar surface area (TPSA) is 40.4 Å². The monoisotopic (exact) mass is 166 g/mol. The second-order valence-electron chi connectivity index (χ2n) is 2.23. The van der Waals surface area contributed by atoms with Crippen molar-refractivity contribution in [2.24, 2.45) is 0 Å². The number of aromatic nitrogens is 2. The molecule has 0 radical (unpaired) electrons. The van der Waals surface area contributed by atoms with Crippen LogP contribution in [0, 0.1) is 4.77 Å². The van der Waals surface area contributed by atoms with Crippen LogP contribution in [0.3, 0.4) is 0 Å². The minimum Gasteiger partial charge on any atom is -0.493 e. The fourth-order valence-electron chi connectivity index (χ4n) is 1.04. The molecule has 0 amide bonds. The maximum absolute atomic E-state index is 9.25. The van der Waals surface area contributed by atoms with Gasteiger partial charge in [0.2, 0.25) is 5.88 Å². The van der Waals surface area contributed by atoms with Crippen LogP contribution in [0.25, 0.3) is 5.52 Å². The third-order valence-corrected chi connectivity index (χ3v) is 1.85. The standard InChI is InChI=1S/C7H6N2OS/c10-6-5-3-1-2-4-9(5)7(11)8-6/h1-4,10H,(H,8,11). The Morgan fingerprint density at radius 2 is 2.27 bits per heavy atom. The number of H-pyrrole nitrogens is 1. The van der Waals surface area contributed by atoms with Gasteiger partial charge in [-0.3, -0.25) is 4.40 Å². The van der Waals surface area contributed by atoms with E-state index in [1.54, 1.807) is 16.7 Å². The second-order valence-corrected chi connectivity index (χ2v) is 2.62. The number of aromatic amines is 1. The van der Waals surface area contributed by atoms with Gasteiger partial charge in [-0.1, -0.05) is 6.07 Å². The molecule has 0 aromatic carbocycles. The molecular formula is C7H6N2OS. The normalized spacial score (nSPS) is 10.5. The lowest BCUT2D eigenvalue weighted by atomic mass is 10.4.